The SMILES string of the molecule is CC(C)NC(=O)C(=O)NNC(=O)c1ccc2c(c1)C[C@@H](C)N2S(C)(=O)=O. The first-order chi connectivity index (χ1) is 12.0. The molecule has 10 heteroatoms. The Morgan fingerprint density at radius 1 is 1.15 bits per heavy atom. The van der Waals surface area contributed by atoms with Crippen LogP contribution >= 0.6 is 0 Å². The summed E-state index contributed by atoms with van der Waals surface area (Å²) in [5.41, 5.74) is 5.71. The molecule has 0 aliphatic carbocycles. The number of hydrazine groups is 1. The van der Waals surface area contributed by atoms with E-state index in [1.165, 1.54) is 10.4 Å². The van der Waals surface area contributed by atoms with Gasteiger partial charge in [0.15, 0.2) is 0 Å². The van der Waals surface area contributed by atoms with Crippen LogP contribution in [0.1, 0.15) is 36.7 Å². The highest BCUT2D eigenvalue weighted by Gasteiger charge is 2.32. The topological polar surface area (TPSA) is 125 Å². The third kappa shape index (κ3) is 4.31. The van der Waals surface area contributed by atoms with Gasteiger partial charge in [0.1, 0.15) is 0 Å². The van der Waals surface area contributed by atoms with Crippen LogP contribution in [0, 0.1) is 0 Å². The minimum absolute atomic E-state index is 0.208. The largest absolute Gasteiger partial charge is 0.346 e. The van der Waals surface area contributed by atoms with Crippen LogP contribution in [0.2, 0.25) is 0 Å². The van der Waals surface area contributed by atoms with E-state index in [1.54, 1.807) is 32.9 Å². The zero-order chi connectivity index (χ0) is 19.6. The second kappa shape index (κ2) is 7.32. The summed E-state index contributed by atoms with van der Waals surface area (Å²) in [6, 6.07) is 4.15. The van der Waals surface area contributed by atoms with E-state index in [0.29, 0.717) is 12.1 Å². The molecule has 0 fully saturated rings. The van der Waals surface area contributed by atoms with Crippen molar-refractivity contribution < 1.29 is 22.8 Å². The zero-order valence-corrected chi connectivity index (χ0v) is 15.8. The Hall–Kier alpha value is -2.62. The second-order valence-electron chi connectivity index (χ2n) is 6.49. The number of rotatable bonds is 3. The number of nitrogens with one attached hydrogen (secondary N) is 3. The first-order valence-electron chi connectivity index (χ1n) is 8.04. The van der Waals surface area contributed by atoms with Crippen molar-refractivity contribution in [2.45, 2.75) is 39.3 Å². The number of anilines is 1. The first-order valence-corrected chi connectivity index (χ1v) is 9.89. The van der Waals surface area contributed by atoms with Crippen LogP contribution in [0.3, 0.4) is 0 Å². The highest BCUT2D eigenvalue weighted by molar-refractivity contribution is 7.92. The predicted octanol–water partition coefficient (Wildman–Crippen LogP) is -0.317. The van der Waals surface area contributed by atoms with Gasteiger partial charge in [0.25, 0.3) is 5.91 Å². The van der Waals surface area contributed by atoms with Crippen molar-refractivity contribution in [3.05, 3.63) is 29.3 Å². The van der Waals surface area contributed by atoms with Gasteiger partial charge in [0, 0.05) is 17.6 Å². The minimum Gasteiger partial charge on any atom is -0.346 e. The molecule has 142 valence electrons. The van der Waals surface area contributed by atoms with Crippen LogP contribution in [0.4, 0.5) is 5.69 Å². The Labute approximate surface area is 152 Å². The fourth-order valence-corrected chi connectivity index (χ4v) is 4.08. The number of hydrogen-bond donors (Lipinski definition) is 3. The summed E-state index contributed by atoms with van der Waals surface area (Å²) in [6.45, 7) is 5.19. The van der Waals surface area contributed by atoms with Crippen molar-refractivity contribution in [2.24, 2.45) is 0 Å². The van der Waals surface area contributed by atoms with Crippen molar-refractivity contribution in [3.63, 3.8) is 0 Å². The monoisotopic (exact) mass is 382 g/mol. The first kappa shape index (κ1) is 19.7. The van der Waals surface area contributed by atoms with Crippen molar-refractivity contribution in [1.29, 1.82) is 0 Å². The molecule has 3 amide bonds. The van der Waals surface area contributed by atoms with Crippen LogP contribution < -0.4 is 20.5 Å². The summed E-state index contributed by atoms with van der Waals surface area (Å²) in [5.74, 6) is -2.44. The normalized spacial score (nSPS) is 16.2. The van der Waals surface area contributed by atoms with Gasteiger partial charge in [-0.15, -0.1) is 0 Å². The van der Waals surface area contributed by atoms with Crippen molar-refractivity contribution in [3.8, 4) is 0 Å². The summed E-state index contributed by atoms with van der Waals surface area (Å²) in [7, 11) is -3.41. The molecule has 0 spiro atoms. The quantitative estimate of drug-likeness (QED) is 0.488. The lowest BCUT2D eigenvalue weighted by molar-refractivity contribution is -0.139. The standard InChI is InChI=1S/C16H22N4O5S/c1-9(2)17-15(22)16(23)19-18-14(21)11-5-6-13-12(8-11)7-10(3)20(13)26(4,24)25/h5-6,8-10H,7H2,1-4H3,(H,17,22)(H,18,21)(H,19,23)/t10-/m1/s1. The second-order valence-corrected chi connectivity index (χ2v) is 8.35. The Kier molecular flexibility index (Phi) is 5.55. The molecule has 0 radical (unpaired) electrons. The van der Waals surface area contributed by atoms with Gasteiger partial charge in [-0.2, -0.15) is 0 Å². The smallest absolute Gasteiger partial charge is 0.327 e. The maximum absolute atomic E-state index is 12.2. The molecule has 0 bridgehead atoms. The van der Waals surface area contributed by atoms with Crippen molar-refractivity contribution in [1.82, 2.24) is 16.2 Å². The van der Waals surface area contributed by atoms with Crippen LogP contribution in [0.25, 0.3) is 0 Å². The number of nitrogens with zero attached hydrogens (tertiary/aromatic N) is 1. The molecule has 1 atom stereocenters. The minimum atomic E-state index is -3.41. The van der Waals surface area contributed by atoms with Gasteiger partial charge < -0.3 is 5.32 Å². The van der Waals surface area contributed by atoms with Gasteiger partial charge in [-0.25, -0.2) is 8.42 Å². The maximum atomic E-state index is 12.2. The molecule has 0 aromatic heterocycles. The van der Waals surface area contributed by atoms with E-state index < -0.39 is 27.7 Å². The molecule has 1 aliphatic rings. The molecule has 1 aromatic rings. The molecule has 1 aromatic carbocycles. The van der Waals surface area contributed by atoms with Gasteiger partial charge in [0.2, 0.25) is 10.0 Å². The lowest BCUT2D eigenvalue weighted by Crippen LogP contribution is -2.49. The van der Waals surface area contributed by atoms with E-state index in [2.05, 4.69) is 10.7 Å². The van der Waals surface area contributed by atoms with Gasteiger partial charge in [-0.3, -0.25) is 29.5 Å². The third-order valence-electron chi connectivity index (χ3n) is 3.77. The molecular weight excluding hydrogens is 360 g/mol. The van der Waals surface area contributed by atoms with Gasteiger partial charge >= 0.3 is 11.8 Å². The Bertz CT molecular complexity index is 850. The van der Waals surface area contributed by atoms with E-state index in [1.807, 2.05) is 5.43 Å². The molecule has 0 saturated carbocycles. The average molecular weight is 382 g/mol. The Morgan fingerprint density at radius 3 is 2.38 bits per heavy atom. The third-order valence-corrected chi connectivity index (χ3v) is 5.04. The summed E-state index contributed by atoms with van der Waals surface area (Å²) >= 11 is 0. The molecule has 0 unspecified atom stereocenters. The fourth-order valence-electron chi connectivity index (χ4n) is 2.82. The van der Waals surface area contributed by atoms with E-state index in [0.717, 1.165) is 11.8 Å². The van der Waals surface area contributed by atoms with Crippen molar-refractivity contribution >= 4 is 33.4 Å². The number of carbonyl (C=O) groups is 3. The lowest BCUT2D eigenvalue weighted by Gasteiger charge is -2.21. The summed E-state index contributed by atoms with van der Waals surface area (Å²) < 4.78 is 25.1. The maximum Gasteiger partial charge on any atom is 0.327 e. The molecule has 1 aliphatic heterocycles. The van der Waals surface area contributed by atoms with Gasteiger partial charge in [-0.05, 0) is 51.0 Å². The molecule has 26 heavy (non-hydrogen) atoms. The van der Waals surface area contributed by atoms with Crippen LogP contribution in [0.15, 0.2) is 18.2 Å². The lowest BCUT2D eigenvalue weighted by atomic mass is 10.1. The van der Waals surface area contributed by atoms with E-state index >= 15 is 0 Å². The van der Waals surface area contributed by atoms with E-state index in [-0.39, 0.29) is 17.6 Å². The Balaban J connectivity index is 2.07. The highest BCUT2D eigenvalue weighted by atomic mass is 32.2. The summed E-state index contributed by atoms with van der Waals surface area (Å²) in [5, 5.41) is 2.40. The van der Waals surface area contributed by atoms with Crippen LogP contribution in [-0.4, -0.2) is 44.5 Å². The number of hydrogen-bond acceptors (Lipinski definition) is 5. The zero-order valence-electron chi connectivity index (χ0n) is 15.0. The van der Waals surface area contributed by atoms with Gasteiger partial charge in [0.05, 0.1) is 11.9 Å². The molecule has 0 saturated heterocycles. The molecule has 2 rings (SSSR count). The van der Waals surface area contributed by atoms with Gasteiger partial charge in [-0.1, -0.05) is 0 Å². The van der Waals surface area contributed by atoms with Crippen molar-refractivity contribution in [2.75, 3.05) is 10.6 Å². The number of benzene rings is 1. The molecular formula is C16H22N4O5S. The fraction of sp³-hybridized carbons (Fsp3) is 0.438. The van der Waals surface area contributed by atoms with Crippen LogP contribution in [-0.2, 0) is 26.0 Å². The highest BCUT2D eigenvalue weighted by Crippen LogP contribution is 2.34. The summed E-state index contributed by atoms with van der Waals surface area (Å²) in [6.07, 6.45) is 1.61. The molecule has 1 heterocycles. The average Bonchev–Trinajstić information content (AvgIpc) is 2.86. The number of amides is 3. The van der Waals surface area contributed by atoms with Crippen LogP contribution in [0.5, 0.6) is 0 Å². The number of fused-ring (bicyclic) bond motifs is 1. The Morgan fingerprint density at radius 2 is 1.81 bits per heavy atom. The van der Waals surface area contributed by atoms with E-state index in [4.69, 9.17) is 0 Å². The predicted molar refractivity (Wildman–Crippen MR) is 95.8 cm³/mol. The molecule has 9 nitrogen and oxygen atoms in total. The molecule has 3 N–H and O–H groups in total. The number of carbonyl (C=O) groups excluding carboxylic acids is 3. The van der Waals surface area contributed by atoms with E-state index in [9.17, 15) is 22.8 Å². The summed E-state index contributed by atoms with van der Waals surface area (Å²) in [4.78, 5) is 35.2. The number of sulfonamides is 1.